The van der Waals surface area contributed by atoms with Crippen molar-refractivity contribution in [3.8, 4) is 0 Å². The van der Waals surface area contributed by atoms with Crippen LogP contribution in [0.3, 0.4) is 0 Å². The molecular formula is C26H50FeO4. The van der Waals surface area contributed by atoms with Gasteiger partial charge in [0.15, 0.2) is 0 Å². The van der Waals surface area contributed by atoms with E-state index in [1.807, 2.05) is 0 Å². The third-order valence-corrected chi connectivity index (χ3v) is 5.47. The summed E-state index contributed by atoms with van der Waals surface area (Å²) in [7, 11) is 0. The molecule has 0 aliphatic heterocycles. The number of carbonyl (C=O) groups excluding carboxylic acids is 2. The van der Waals surface area contributed by atoms with Crippen LogP contribution in [0.15, 0.2) is 0 Å². The van der Waals surface area contributed by atoms with Gasteiger partial charge in [-0.25, -0.2) is 0 Å². The summed E-state index contributed by atoms with van der Waals surface area (Å²) >= 11 is 0. The molecule has 0 amide bonds. The van der Waals surface area contributed by atoms with Crippen LogP contribution in [0.5, 0.6) is 0 Å². The third-order valence-electron chi connectivity index (χ3n) is 5.47. The van der Waals surface area contributed by atoms with E-state index in [0.717, 1.165) is 25.7 Å². The fourth-order valence-corrected chi connectivity index (χ4v) is 3.51. The fourth-order valence-electron chi connectivity index (χ4n) is 3.51. The second kappa shape index (κ2) is 31.6. The van der Waals surface area contributed by atoms with E-state index in [1.54, 1.807) is 0 Å². The Morgan fingerprint density at radius 3 is 0.806 bits per heavy atom. The van der Waals surface area contributed by atoms with Crippen molar-refractivity contribution in [3.63, 3.8) is 0 Å². The van der Waals surface area contributed by atoms with E-state index in [0.29, 0.717) is 0 Å². The first-order chi connectivity index (χ1) is 14.5. The summed E-state index contributed by atoms with van der Waals surface area (Å²) < 4.78 is 0. The number of carboxylic acids is 2. The zero-order chi connectivity index (χ0) is 22.7. The molecule has 31 heavy (non-hydrogen) atoms. The van der Waals surface area contributed by atoms with Crippen LogP contribution in [-0.2, 0) is 26.7 Å². The van der Waals surface area contributed by atoms with E-state index < -0.39 is 11.9 Å². The molecule has 4 nitrogen and oxygen atoms in total. The third kappa shape index (κ3) is 40.4. The fraction of sp³-hybridized carbons (Fsp3) is 0.923. The summed E-state index contributed by atoms with van der Waals surface area (Å²) in [6.45, 7) is 4.47. The second-order valence-electron chi connectivity index (χ2n) is 8.61. The number of carbonyl (C=O) groups is 2. The predicted octanol–water partition coefficient (Wildman–Crippen LogP) is 6.09. The number of hydrogen-bond donors (Lipinski definition) is 0. The molecule has 0 aliphatic carbocycles. The number of carboxylic acid groups (broad SMARTS) is 2. The van der Waals surface area contributed by atoms with Crippen LogP contribution in [0.25, 0.3) is 0 Å². The van der Waals surface area contributed by atoms with Crippen LogP contribution in [0.2, 0.25) is 0 Å². The quantitative estimate of drug-likeness (QED) is 0.138. The van der Waals surface area contributed by atoms with Crippen LogP contribution >= 0.6 is 0 Å². The zero-order valence-corrected chi connectivity index (χ0v) is 21.6. The van der Waals surface area contributed by atoms with E-state index in [1.165, 1.54) is 103 Å². The Balaban J connectivity index is -0.000000490. The van der Waals surface area contributed by atoms with Gasteiger partial charge in [-0.05, 0) is 25.7 Å². The Labute approximate surface area is 203 Å². The molecule has 0 heterocycles. The Morgan fingerprint density at radius 1 is 0.419 bits per heavy atom. The minimum atomic E-state index is -0.908. The second-order valence-corrected chi connectivity index (χ2v) is 8.61. The molecule has 0 saturated carbocycles. The summed E-state index contributed by atoms with van der Waals surface area (Å²) in [5, 5.41) is 20.2. The molecule has 0 rings (SSSR count). The van der Waals surface area contributed by atoms with Crippen LogP contribution < -0.4 is 10.2 Å². The van der Waals surface area contributed by atoms with Crippen LogP contribution in [-0.4, -0.2) is 11.9 Å². The maximum atomic E-state index is 10.1. The van der Waals surface area contributed by atoms with Crippen molar-refractivity contribution in [1.82, 2.24) is 0 Å². The number of hydrogen-bond acceptors (Lipinski definition) is 4. The van der Waals surface area contributed by atoms with E-state index in [4.69, 9.17) is 0 Å². The molecule has 0 fully saturated rings. The van der Waals surface area contributed by atoms with Crippen LogP contribution in [0.4, 0.5) is 0 Å². The van der Waals surface area contributed by atoms with E-state index in [9.17, 15) is 19.8 Å². The molecule has 0 N–H and O–H groups in total. The van der Waals surface area contributed by atoms with Crippen molar-refractivity contribution in [2.24, 2.45) is 0 Å². The number of rotatable bonds is 22. The standard InChI is InChI=1S/2C13H26O2.Fe/c2*1-2-3-4-5-6-7-8-9-10-11-12-13(14)15;/h2*2-12H2,1H3,(H,14,15);/q;;+2/p-2. The molecule has 0 bridgehead atoms. The predicted molar refractivity (Wildman–Crippen MR) is 123 cm³/mol. The summed E-state index contributed by atoms with van der Waals surface area (Å²) in [4.78, 5) is 20.2. The molecular weight excluding hydrogens is 432 g/mol. The van der Waals surface area contributed by atoms with E-state index in [-0.39, 0.29) is 29.9 Å². The smallest absolute Gasteiger partial charge is 0.550 e. The topological polar surface area (TPSA) is 80.3 Å². The van der Waals surface area contributed by atoms with E-state index >= 15 is 0 Å². The van der Waals surface area contributed by atoms with Crippen LogP contribution in [0, 0.1) is 0 Å². The van der Waals surface area contributed by atoms with Crippen molar-refractivity contribution in [1.29, 1.82) is 0 Å². The van der Waals surface area contributed by atoms with Gasteiger partial charge in [0.25, 0.3) is 0 Å². The van der Waals surface area contributed by atoms with Gasteiger partial charge in [0.05, 0.1) is 0 Å². The summed E-state index contributed by atoms with van der Waals surface area (Å²) in [5.41, 5.74) is 0. The summed E-state index contributed by atoms with van der Waals surface area (Å²) in [6, 6.07) is 0. The van der Waals surface area contributed by atoms with Crippen molar-refractivity contribution < 1.29 is 36.9 Å². The Bertz CT molecular complexity index is 327. The molecule has 0 spiro atoms. The van der Waals surface area contributed by atoms with Gasteiger partial charge >= 0.3 is 17.1 Å². The van der Waals surface area contributed by atoms with Crippen molar-refractivity contribution in [2.45, 2.75) is 155 Å². The Hall–Kier alpha value is -0.541. The molecule has 0 unspecified atom stereocenters. The van der Waals surface area contributed by atoms with Crippen molar-refractivity contribution >= 4 is 11.9 Å². The average molecular weight is 483 g/mol. The molecule has 5 heteroatoms. The first kappa shape index (κ1) is 35.1. The molecule has 0 aromatic heterocycles. The van der Waals surface area contributed by atoms with E-state index in [2.05, 4.69) is 13.8 Å². The Morgan fingerprint density at radius 2 is 0.613 bits per heavy atom. The van der Waals surface area contributed by atoms with Gasteiger partial charge in [-0.3, -0.25) is 0 Å². The van der Waals surface area contributed by atoms with Gasteiger partial charge in [-0.1, -0.05) is 129 Å². The van der Waals surface area contributed by atoms with Crippen molar-refractivity contribution in [3.05, 3.63) is 0 Å². The summed E-state index contributed by atoms with van der Waals surface area (Å²) in [6.07, 6.45) is 25.2. The van der Waals surface area contributed by atoms with Gasteiger partial charge < -0.3 is 19.8 Å². The number of unbranched alkanes of at least 4 members (excludes halogenated alkanes) is 18. The van der Waals surface area contributed by atoms with Crippen molar-refractivity contribution in [2.75, 3.05) is 0 Å². The van der Waals surface area contributed by atoms with Gasteiger partial charge in [-0.15, -0.1) is 0 Å². The average Bonchev–Trinajstić information content (AvgIpc) is 2.71. The molecule has 0 aromatic rings. The molecule has 186 valence electrons. The molecule has 0 aromatic carbocycles. The molecule has 0 aliphatic rings. The molecule has 0 saturated heterocycles. The summed E-state index contributed by atoms with van der Waals surface area (Å²) in [5.74, 6) is -1.82. The number of aliphatic carboxylic acids is 2. The first-order valence-electron chi connectivity index (χ1n) is 12.9. The monoisotopic (exact) mass is 482 g/mol. The van der Waals surface area contributed by atoms with Gasteiger partial charge in [0.1, 0.15) is 0 Å². The largest absolute Gasteiger partial charge is 2.00 e. The maximum Gasteiger partial charge on any atom is 2.00 e. The minimum Gasteiger partial charge on any atom is -0.550 e. The minimum absolute atomic E-state index is 0. The zero-order valence-electron chi connectivity index (χ0n) is 20.5. The van der Waals surface area contributed by atoms with Crippen LogP contribution in [0.1, 0.15) is 155 Å². The molecule has 0 atom stereocenters. The SMILES string of the molecule is CCCCCCCCCCCCC(=O)[O-].CCCCCCCCCCCCC(=O)[O-].[Fe+2]. The van der Waals surface area contributed by atoms with Gasteiger partial charge in [0.2, 0.25) is 0 Å². The molecule has 0 radical (unpaired) electrons. The van der Waals surface area contributed by atoms with Gasteiger partial charge in [-0.2, -0.15) is 0 Å². The first-order valence-corrected chi connectivity index (χ1v) is 12.9. The Kier molecular flexibility index (Phi) is 35.8. The normalized spacial score (nSPS) is 10.1. The van der Waals surface area contributed by atoms with Gasteiger partial charge in [0, 0.05) is 11.9 Å². The maximum absolute atomic E-state index is 10.1.